The Morgan fingerprint density at radius 2 is 2.13 bits per heavy atom. The Kier molecular flexibility index (Phi) is 2.36. The van der Waals surface area contributed by atoms with Gasteiger partial charge in [0.1, 0.15) is 5.75 Å². The van der Waals surface area contributed by atoms with Crippen LogP contribution in [0.4, 0.5) is 0 Å². The highest BCUT2D eigenvalue weighted by Crippen LogP contribution is 2.22. The minimum absolute atomic E-state index is 0.00129. The number of phenols is 1. The van der Waals surface area contributed by atoms with Crippen LogP contribution in [0.3, 0.4) is 0 Å². The zero-order valence-electron chi connectivity index (χ0n) is 8.47. The van der Waals surface area contributed by atoms with Crippen LogP contribution in [-0.2, 0) is 0 Å². The first kappa shape index (κ1) is 9.98. The van der Waals surface area contributed by atoms with Crippen LogP contribution < -0.4 is 0 Å². The van der Waals surface area contributed by atoms with Crippen molar-refractivity contribution in [3.63, 3.8) is 0 Å². The monoisotopic (exact) mass is 207 g/mol. The van der Waals surface area contributed by atoms with Gasteiger partial charge in [-0.25, -0.2) is 0 Å². The third kappa shape index (κ3) is 1.80. The van der Waals surface area contributed by atoms with E-state index in [-0.39, 0.29) is 11.7 Å². The van der Waals surface area contributed by atoms with Crippen LogP contribution >= 0.6 is 0 Å². The summed E-state index contributed by atoms with van der Waals surface area (Å²) in [5.41, 5.74) is 1.21. The van der Waals surface area contributed by atoms with Crippen LogP contribution in [0.5, 0.6) is 5.75 Å². The number of likely N-dealkylation sites (tertiary alicyclic amines) is 1. The second kappa shape index (κ2) is 3.55. The lowest BCUT2D eigenvalue weighted by molar-refractivity contribution is 0.00570. The lowest BCUT2D eigenvalue weighted by Crippen LogP contribution is -2.53. The van der Waals surface area contributed by atoms with Crippen molar-refractivity contribution in [1.29, 1.82) is 0 Å². The molecule has 0 aromatic heterocycles. The summed E-state index contributed by atoms with van der Waals surface area (Å²) >= 11 is 0. The first-order valence-electron chi connectivity index (χ1n) is 4.85. The molecule has 0 radical (unpaired) electrons. The Morgan fingerprint density at radius 1 is 1.47 bits per heavy atom. The first-order chi connectivity index (χ1) is 7.08. The van der Waals surface area contributed by atoms with E-state index in [0.29, 0.717) is 18.7 Å². The van der Waals surface area contributed by atoms with Crippen molar-refractivity contribution in [2.24, 2.45) is 0 Å². The predicted octanol–water partition coefficient (Wildman–Crippen LogP) is 0.517. The molecule has 4 nitrogen and oxygen atoms in total. The van der Waals surface area contributed by atoms with Gasteiger partial charge in [0.25, 0.3) is 5.91 Å². The number of nitrogens with zero attached hydrogens (tertiary/aromatic N) is 1. The van der Waals surface area contributed by atoms with E-state index in [0.717, 1.165) is 5.56 Å². The number of benzene rings is 1. The van der Waals surface area contributed by atoms with Crippen LogP contribution in [0.2, 0.25) is 0 Å². The topological polar surface area (TPSA) is 60.8 Å². The van der Waals surface area contributed by atoms with Crippen molar-refractivity contribution in [3.8, 4) is 5.75 Å². The number of aromatic hydroxyl groups is 1. The van der Waals surface area contributed by atoms with E-state index in [1.807, 2.05) is 6.92 Å². The summed E-state index contributed by atoms with van der Waals surface area (Å²) in [5.74, 6) is -0.223. The second-order valence-electron chi connectivity index (χ2n) is 3.88. The van der Waals surface area contributed by atoms with E-state index < -0.39 is 6.10 Å². The van der Waals surface area contributed by atoms with Crippen molar-refractivity contribution in [2.45, 2.75) is 13.0 Å². The number of β-amino-alcohol motifs (C(OH)–C–C–N with tert-alkyl or cyclic N) is 1. The molecule has 0 bridgehead atoms. The van der Waals surface area contributed by atoms with Gasteiger partial charge < -0.3 is 15.1 Å². The number of aliphatic hydroxyl groups is 1. The fraction of sp³-hybridized carbons (Fsp3) is 0.364. The van der Waals surface area contributed by atoms with Crippen LogP contribution in [-0.4, -0.2) is 40.2 Å². The Bertz CT molecular complexity index is 397. The van der Waals surface area contributed by atoms with Crippen LogP contribution in [0.25, 0.3) is 0 Å². The Hall–Kier alpha value is -1.55. The third-order valence-corrected chi connectivity index (χ3v) is 2.53. The SMILES string of the molecule is Cc1ccc(C(=O)N2CC(O)C2)c(O)c1. The van der Waals surface area contributed by atoms with E-state index in [1.165, 1.54) is 4.90 Å². The Morgan fingerprint density at radius 3 is 2.67 bits per heavy atom. The molecule has 4 heteroatoms. The summed E-state index contributed by atoms with van der Waals surface area (Å²) in [6, 6.07) is 4.95. The number of hydrogen-bond donors (Lipinski definition) is 2. The zero-order chi connectivity index (χ0) is 11.0. The fourth-order valence-corrected chi connectivity index (χ4v) is 1.61. The van der Waals surface area contributed by atoms with Crippen molar-refractivity contribution in [1.82, 2.24) is 4.90 Å². The number of amides is 1. The fourth-order valence-electron chi connectivity index (χ4n) is 1.61. The van der Waals surface area contributed by atoms with E-state index in [1.54, 1.807) is 18.2 Å². The molecule has 1 heterocycles. The summed E-state index contributed by atoms with van der Waals surface area (Å²) in [6.07, 6.45) is -0.415. The summed E-state index contributed by atoms with van der Waals surface area (Å²) in [4.78, 5) is 13.3. The lowest BCUT2D eigenvalue weighted by atomic mass is 10.1. The van der Waals surface area contributed by atoms with Gasteiger partial charge in [-0.05, 0) is 24.6 Å². The van der Waals surface area contributed by atoms with Gasteiger partial charge in [-0.3, -0.25) is 4.79 Å². The standard InChI is InChI=1S/C11H13NO3/c1-7-2-3-9(10(14)4-7)11(15)12-5-8(13)6-12/h2-4,8,13-14H,5-6H2,1H3. The molecule has 2 rings (SSSR count). The van der Waals surface area contributed by atoms with E-state index >= 15 is 0 Å². The quantitative estimate of drug-likeness (QED) is 0.705. The highest BCUT2D eigenvalue weighted by Gasteiger charge is 2.30. The molecule has 1 aliphatic heterocycles. The average Bonchev–Trinajstić information content (AvgIpc) is 2.12. The van der Waals surface area contributed by atoms with E-state index in [2.05, 4.69) is 0 Å². The first-order valence-corrected chi connectivity index (χ1v) is 4.85. The molecular formula is C11H13NO3. The molecule has 0 saturated carbocycles. The number of aliphatic hydroxyl groups excluding tert-OH is 1. The molecule has 0 spiro atoms. The minimum Gasteiger partial charge on any atom is -0.507 e. The van der Waals surface area contributed by atoms with Crippen LogP contribution in [0, 0.1) is 6.92 Å². The van der Waals surface area contributed by atoms with Gasteiger partial charge in [0.15, 0.2) is 0 Å². The molecule has 80 valence electrons. The van der Waals surface area contributed by atoms with Crippen molar-refractivity contribution in [2.75, 3.05) is 13.1 Å². The predicted molar refractivity (Wildman–Crippen MR) is 54.8 cm³/mol. The maximum absolute atomic E-state index is 11.8. The molecule has 1 aromatic carbocycles. The van der Waals surface area contributed by atoms with Gasteiger partial charge >= 0.3 is 0 Å². The molecule has 0 atom stereocenters. The molecule has 1 amide bonds. The molecular weight excluding hydrogens is 194 g/mol. The summed E-state index contributed by atoms with van der Waals surface area (Å²) < 4.78 is 0. The molecule has 1 aliphatic rings. The second-order valence-corrected chi connectivity index (χ2v) is 3.88. The molecule has 0 unspecified atom stereocenters. The number of aryl methyl sites for hydroxylation is 1. The number of rotatable bonds is 1. The molecule has 0 aliphatic carbocycles. The average molecular weight is 207 g/mol. The van der Waals surface area contributed by atoms with Crippen molar-refractivity contribution < 1.29 is 15.0 Å². The van der Waals surface area contributed by atoms with Crippen LogP contribution in [0.1, 0.15) is 15.9 Å². The lowest BCUT2D eigenvalue weighted by Gasteiger charge is -2.35. The summed E-state index contributed by atoms with van der Waals surface area (Å²) in [6.45, 7) is 2.56. The van der Waals surface area contributed by atoms with Crippen LogP contribution in [0.15, 0.2) is 18.2 Å². The summed E-state index contributed by atoms with van der Waals surface area (Å²) in [7, 11) is 0. The highest BCUT2D eigenvalue weighted by molar-refractivity contribution is 5.97. The van der Waals surface area contributed by atoms with Gasteiger partial charge in [0, 0.05) is 13.1 Å². The normalized spacial score (nSPS) is 16.3. The smallest absolute Gasteiger partial charge is 0.257 e. The maximum Gasteiger partial charge on any atom is 0.257 e. The maximum atomic E-state index is 11.8. The largest absolute Gasteiger partial charge is 0.507 e. The molecule has 2 N–H and O–H groups in total. The zero-order valence-corrected chi connectivity index (χ0v) is 8.47. The molecule has 1 saturated heterocycles. The number of phenolic OH excluding ortho intramolecular Hbond substituents is 1. The number of carbonyl (C=O) groups excluding carboxylic acids is 1. The molecule has 15 heavy (non-hydrogen) atoms. The van der Waals surface area contributed by atoms with Gasteiger partial charge in [-0.2, -0.15) is 0 Å². The number of carbonyl (C=O) groups is 1. The molecule has 1 fully saturated rings. The Balaban J connectivity index is 2.19. The van der Waals surface area contributed by atoms with E-state index in [9.17, 15) is 9.90 Å². The highest BCUT2D eigenvalue weighted by atomic mass is 16.3. The Labute approximate surface area is 87.8 Å². The third-order valence-electron chi connectivity index (χ3n) is 2.53. The summed E-state index contributed by atoms with van der Waals surface area (Å²) in [5, 5.41) is 18.7. The van der Waals surface area contributed by atoms with Crippen molar-refractivity contribution >= 4 is 5.91 Å². The van der Waals surface area contributed by atoms with Gasteiger partial charge in [0.05, 0.1) is 11.7 Å². The minimum atomic E-state index is -0.415. The van der Waals surface area contributed by atoms with Gasteiger partial charge in [-0.15, -0.1) is 0 Å². The molecule has 1 aromatic rings. The van der Waals surface area contributed by atoms with E-state index in [4.69, 9.17) is 5.11 Å². The number of hydrogen-bond acceptors (Lipinski definition) is 3. The van der Waals surface area contributed by atoms with Crippen molar-refractivity contribution in [3.05, 3.63) is 29.3 Å². The van der Waals surface area contributed by atoms with Gasteiger partial charge in [0.2, 0.25) is 0 Å². The van der Waals surface area contributed by atoms with Gasteiger partial charge in [-0.1, -0.05) is 6.07 Å².